The Hall–Kier alpha value is -1.09. The molecule has 1 aliphatic rings. The minimum Gasteiger partial charge on any atom is -0.360 e. The van der Waals surface area contributed by atoms with Crippen molar-refractivity contribution in [3.8, 4) is 0 Å². The van der Waals surface area contributed by atoms with Crippen LogP contribution in [0.4, 0.5) is 5.82 Å². The smallest absolute Gasteiger partial charge is 0.128 e. The zero-order valence-corrected chi connectivity index (χ0v) is 11.9. The van der Waals surface area contributed by atoms with Gasteiger partial charge in [-0.1, -0.05) is 12.5 Å². The van der Waals surface area contributed by atoms with Crippen LogP contribution in [0.25, 0.3) is 0 Å². The summed E-state index contributed by atoms with van der Waals surface area (Å²) < 4.78 is 0. The first-order valence-electron chi connectivity index (χ1n) is 7.02. The van der Waals surface area contributed by atoms with Gasteiger partial charge >= 0.3 is 0 Å². The normalized spacial score (nSPS) is 20.9. The highest BCUT2D eigenvalue weighted by Crippen LogP contribution is 2.19. The molecule has 2 rings (SSSR count). The lowest BCUT2D eigenvalue weighted by atomic mass is 10.00. The van der Waals surface area contributed by atoms with Crippen LogP contribution in [0.1, 0.15) is 31.4 Å². The average Bonchev–Trinajstić information content (AvgIpc) is 2.37. The molecule has 0 N–H and O–H groups in total. The molecule has 3 nitrogen and oxygen atoms in total. The SMILES string of the molecule is Cc1cccc(N(C)CCC2CCCCN2C)n1. The van der Waals surface area contributed by atoms with Crippen LogP contribution in [0.2, 0.25) is 0 Å². The molecule has 0 aromatic carbocycles. The van der Waals surface area contributed by atoms with Crippen molar-refractivity contribution in [3.05, 3.63) is 23.9 Å². The molecule has 1 fully saturated rings. The van der Waals surface area contributed by atoms with E-state index in [0.717, 1.165) is 24.1 Å². The van der Waals surface area contributed by atoms with Gasteiger partial charge in [0.15, 0.2) is 0 Å². The first-order valence-corrected chi connectivity index (χ1v) is 7.02. The van der Waals surface area contributed by atoms with Crippen molar-refractivity contribution >= 4 is 5.82 Å². The summed E-state index contributed by atoms with van der Waals surface area (Å²) in [4.78, 5) is 9.36. The van der Waals surface area contributed by atoms with Crippen LogP contribution >= 0.6 is 0 Å². The van der Waals surface area contributed by atoms with Gasteiger partial charge in [-0.25, -0.2) is 4.98 Å². The van der Waals surface area contributed by atoms with E-state index in [1.807, 2.05) is 13.0 Å². The number of rotatable bonds is 4. The molecular formula is C15H25N3. The molecule has 0 aliphatic carbocycles. The van der Waals surface area contributed by atoms with Crippen LogP contribution < -0.4 is 4.90 Å². The van der Waals surface area contributed by atoms with E-state index in [0.29, 0.717) is 0 Å². The highest BCUT2D eigenvalue weighted by Gasteiger charge is 2.19. The van der Waals surface area contributed by atoms with Gasteiger partial charge in [-0.2, -0.15) is 0 Å². The fraction of sp³-hybridized carbons (Fsp3) is 0.667. The molecule has 0 radical (unpaired) electrons. The fourth-order valence-corrected chi connectivity index (χ4v) is 2.71. The molecule has 1 aliphatic heterocycles. The number of piperidine rings is 1. The van der Waals surface area contributed by atoms with Crippen molar-refractivity contribution in [2.75, 3.05) is 32.1 Å². The summed E-state index contributed by atoms with van der Waals surface area (Å²) in [5, 5.41) is 0. The highest BCUT2D eigenvalue weighted by atomic mass is 15.2. The lowest BCUT2D eigenvalue weighted by Crippen LogP contribution is -2.38. The first-order chi connectivity index (χ1) is 8.66. The summed E-state index contributed by atoms with van der Waals surface area (Å²) in [5.74, 6) is 1.09. The third kappa shape index (κ3) is 3.45. The summed E-state index contributed by atoms with van der Waals surface area (Å²) in [6.45, 7) is 4.40. The largest absolute Gasteiger partial charge is 0.360 e. The molecular weight excluding hydrogens is 222 g/mol. The molecule has 1 unspecified atom stereocenters. The van der Waals surface area contributed by atoms with Crippen LogP contribution in [0.15, 0.2) is 18.2 Å². The Balaban J connectivity index is 1.86. The maximum absolute atomic E-state index is 4.57. The van der Waals surface area contributed by atoms with Crippen molar-refractivity contribution in [3.63, 3.8) is 0 Å². The molecule has 2 heterocycles. The summed E-state index contributed by atoms with van der Waals surface area (Å²) >= 11 is 0. The number of likely N-dealkylation sites (tertiary alicyclic amines) is 1. The summed E-state index contributed by atoms with van der Waals surface area (Å²) in [6.07, 6.45) is 5.35. The molecule has 0 spiro atoms. The topological polar surface area (TPSA) is 19.4 Å². The second-order valence-corrected chi connectivity index (χ2v) is 5.48. The Bertz CT molecular complexity index is 378. The maximum atomic E-state index is 4.57. The summed E-state index contributed by atoms with van der Waals surface area (Å²) in [7, 11) is 4.40. The van der Waals surface area contributed by atoms with E-state index in [2.05, 4.69) is 41.0 Å². The van der Waals surface area contributed by atoms with Gasteiger partial charge in [0.05, 0.1) is 0 Å². The molecule has 1 saturated heterocycles. The molecule has 0 bridgehead atoms. The number of pyridine rings is 1. The molecule has 1 aromatic rings. The van der Waals surface area contributed by atoms with Crippen molar-refractivity contribution in [2.45, 2.75) is 38.6 Å². The molecule has 1 aromatic heterocycles. The Kier molecular flexibility index (Phi) is 4.59. The van der Waals surface area contributed by atoms with E-state index in [-0.39, 0.29) is 0 Å². The molecule has 0 saturated carbocycles. The number of hydrogen-bond donors (Lipinski definition) is 0. The van der Waals surface area contributed by atoms with Gasteiger partial charge in [-0.15, -0.1) is 0 Å². The van der Waals surface area contributed by atoms with E-state index in [1.54, 1.807) is 0 Å². The van der Waals surface area contributed by atoms with Gasteiger partial charge < -0.3 is 9.80 Å². The highest BCUT2D eigenvalue weighted by molar-refractivity contribution is 5.37. The lowest BCUT2D eigenvalue weighted by Gasteiger charge is -2.33. The average molecular weight is 247 g/mol. The quantitative estimate of drug-likeness (QED) is 0.815. The van der Waals surface area contributed by atoms with Gasteiger partial charge in [-0.05, 0) is 51.9 Å². The number of anilines is 1. The van der Waals surface area contributed by atoms with Gasteiger partial charge in [0, 0.05) is 25.3 Å². The second kappa shape index (κ2) is 6.19. The Morgan fingerprint density at radius 2 is 2.22 bits per heavy atom. The molecule has 0 amide bonds. The molecule has 3 heteroatoms. The lowest BCUT2D eigenvalue weighted by molar-refractivity contribution is 0.178. The van der Waals surface area contributed by atoms with Gasteiger partial charge in [-0.3, -0.25) is 0 Å². The van der Waals surface area contributed by atoms with E-state index in [1.165, 1.54) is 32.2 Å². The van der Waals surface area contributed by atoms with E-state index in [4.69, 9.17) is 0 Å². The predicted molar refractivity (Wildman–Crippen MR) is 77.1 cm³/mol. The first kappa shape index (κ1) is 13.3. The molecule has 100 valence electrons. The Morgan fingerprint density at radius 3 is 2.94 bits per heavy atom. The van der Waals surface area contributed by atoms with Gasteiger partial charge in [0.1, 0.15) is 5.82 Å². The van der Waals surface area contributed by atoms with E-state index < -0.39 is 0 Å². The standard InChI is InChI=1S/C15H25N3/c1-13-7-6-9-15(16-13)18(3)12-10-14-8-4-5-11-17(14)2/h6-7,9,14H,4-5,8,10-12H2,1-3H3. The zero-order chi connectivity index (χ0) is 13.0. The van der Waals surface area contributed by atoms with Crippen LogP contribution in [-0.2, 0) is 0 Å². The Morgan fingerprint density at radius 1 is 1.39 bits per heavy atom. The van der Waals surface area contributed by atoms with Crippen molar-refractivity contribution in [1.29, 1.82) is 0 Å². The van der Waals surface area contributed by atoms with Crippen LogP contribution in [0, 0.1) is 6.92 Å². The fourth-order valence-electron chi connectivity index (χ4n) is 2.71. The predicted octanol–water partition coefficient (Wildman–Crippen LogP) is 2.70. The minimum atomic E-state index is 0.756. The van der Waals surface area contributed by atoms with Gasteiger partial charge in [0.2, 0.25) is 0 Å². The number of nitrogens with zero attached hydrogens (tertiary/aromatic N) is 3. The van der Waals surface area contributed by atoms with E-state index >= 15 is 0 Å². The zero-order valence-electron chi connectivity index (χ0n) is 11.9. The van der Waals surface area contributed by atoms with Crippen molar-refractivity contribution in [2.24, 2.45) is 0 Å². The van der Waals surface area contributed by atoms with E-state index in [9.17, 15) is 0 Å². The summed E-state index contributed by atoms with van der Waals surface area (Å²) in [5.41, 5.74) is 1.09. The number of aryl methyl sites for hydroxylation is 1. The van der Waals surface area contributed by atoms with Crippen molar-refractivity contribution in [1.82, 2.24) is 9.88 Å². The maximum Gasteiger partial charge on any atom is 0.128 e. The minimum absolute atomic E-state index is 0.756. The molecule has 18 heavy (non-hydrogen) atoms. The third-order valence-corrected chi connectivity index (χ3v) is 3.98. The number of hydrogen-bond acceptors (Lipinski definition) is 3. The van der Waals surface area contributed by atoms with Crippen molar-refractivity contribution < 1.29 is 0 Å². The summed E-state index contributed by atoms with van der Waals surface area (Å²) in [6, 6.07) is 6.98. The second-order valence-electron chi connectivity index (χ2n) is 5.48. The van der Waals surface area contributed by atoms with Gasteiger partial charge in [0.25, 0.3) is 0 Å². The number of aromatic nitrogens is 1. The Labute approximate surface area is 111 Å². The third-order valence-electron chi connectivity index (χ3n) is 3.98. The van der Waals surface area contributed by atoms with Crippen LogP contribution in [0.3, 0.4) is 0 Å². The molecule has 1 atom stereocenters. The van der Waals surface area contributed by atoms with Crippen LogP contribution in [0.5, 0.6) is 0 Å². The van der Waals surface area contributed by atoms with Crippen LogP contribution in [-0.4, -0.2) is 43.1 Å². The monoisotopic (exact) mass is 247 g/mol.